The molecule has 0 saturated carbocycles. The van der Waals surface area contributed by atoms with Crippen LogP contribution in [0.15, 0.2) is 48.8 Å². The number of carbonyl (C=O) groups excluding carboxylic acids is 1. The first-order valence-electron chi connectivity index (χ1n) is 9.10. The molecular weight excluding hydrogens is 314 g/mol. The fourth-order valence-electron chi connectivity index (χ4n) is 4.00. The zero-order valence-corrected chi connectivity index (χ0v) is 14.5. The summed E-state index contributed by atoms with van der Waals surface area (Å²) < 4.78 is 1.89. The molecule has 6 nitrogen and oxygen atoms in total. The van der Waals surface area contributed by atoms with Gasteiger partial charge in [-0.25, -0.2) is 0 Å². The van der Waals surface area contributed by atoms with Crippen LogP contribution in [-0.2, 0) is 10.3 Å². The third-order valence-electron chi connectivity index (χ3n) is 5.46. The molecule has 0 atom stereocenters. The monoisotopic (exact) mass is 339 g/mol. The summed E-state index contributed by atoms with van der Waals surface area (Å²) in [6, 6.07) is 12.3. The lowest BCUT2D eigenvalue weighted by molar-refractivity contribution is -0.143. The highest BCUT2D eigenvalue weighted by Crippen LogP contribution is 2.30. The number of hydrogen-bond donors (Lipinski definition) is 1. The number of para-hydroxylation sites is 1. The van der Waals surface area contributed by atoms with Gasteiger partial charge in [-0.15, -0.1) is 0 Å². The van der Waals surface area contributed by atoms with E-state index in [0.717, 1.165) is 52.1 Å². The first kappa shape index (κ1) is 16.1. The minimum absolute atomic E-state index is 0.227. The number of anilines is 1. The van der Waals surface area contributed by atoms with Crippen molar-refractivity contribution in [3.63, 3.8) is 0 Å². The van der Waals surface area contributed by atoms with Gasteiger partial charge in [0.05, 0.1) is 0 Å². The van der Waals surface area contributed by atoms with E-state index in [1.165, 1.54) is 5.69 Å². The summed E-state index contributed by atoms with van der Waals surface area (Å²) in [4.78, 5) is 17.8. The maximum absolute atomic E-state index is 13.4. The molecule has 1 amide bonds. The minimum Gasteiger partial charge on any atom is -0.368 e. The summed E-state index contributed by atoms with van der Waals surface area (Å²) >= 11 is 0. The Morgan fingerprint density at radius 3 is 2.36 bits per heavy atom. The number of piperidine rings is 1. The largest absolute Gasteiger partial charge is 0.368 e. The molecule has 1 aromatic carbocycles. The van der Waals surface area contributed by atoms with Crippen molar-refractivity contribution in [2.75, 3.05) is 44.2 Å². The first-order chi connectivity index (χ1) is 12.3. The van der Waals surface area contributed by atoms with Crippen LogP contribution in [0, 0.1) is 0 Å². The maximum Gasteiger partial charge on any atom is 0.250 e. The van der Waals surface area contributed by atoms with Crippen molar-refractivity contribution >= 4 is 11.6 Å². The van der Waals surface area contributed by atoms with Gasteiger partial charge in [0.25, 0.3) is 5.91 Å². The molecule has 0 spiro atoms. The molecule has 1 N–H and O–H groups in total. The number of aromatic nitrogens is 2. The smallest absolute Gasteiger partial charge is 0.250 e. The lowest BCUT2D eigenvalue weighted by Crippen LogP contribution is -2.59. The van der Waals surface area contributed by atoms with Crippen molar-refractivity contribution in [1.29, 1.82) is 0 Å². The number of nitrogens with one attached hydrogen (secondary N) is 1. The second-order valence-corrected chi connectivity index (χ2v) is 6.85. The second-order valence-electron chi connectivity index (χ2n) is 6.85. The standard InChI is InChI=1S/C19H25N5O/c25-18(19(7-10-20-11-8-19)24-12-4-9-21-24)23-15-13-22(14-16-23)17-5-2-1-3-6-17/h1-6,9,12,20H,7-8,10-11,13-16H2. The van der Waals surface area contributed by atoms with E-state index in [1.807, 2.05) is 27.9 Å². The third-order valence-corrected chi connectivity index (χ3v) is 5.46. The Morgan fingerprint density at radius 1 is 1.00 bits per heavy atom. The van der Waals surface area contributed by atoms with Gasteiger partial charge in [0, 0.05) is 44.3 Å². The fraction of sp³-hybridized carbons (Fsp3) is 0.474. The molecular formula is C19H25N5O. The van der Waals surface area contributed by atoms with Gasteiger partial charge < -0.3 is 15.1 Å². The van der Waals surface area contributed by atoms with E-state index >= 15 is 0 Å². The zero-order valence-electron chi connectivity index (χ0n) is 14.5. The lowest BCUT2D eigenvalue weighted by Gasteiger charge is -2.43. The molecule has 3 heterocycles. The minimum atomic E-state index is -0.524. The molecule has 132 valence electrons. The predicted octanol–water partition coefficient (Wildman–Crippen LogP) is 1.31. The van der Waals surface area contributed by atoms with Crippen LogP contribution in [0.2, 0.25) is 0 Å². The summed E-state index contributed by atoms with van der Waals surface area (Å²) in [7, 11) is 0. The molecule has 2 aliphatic rings. The van der Waals surface area contributed by atoms with Crippen molar-refractivity contribution < 1.29 is 4.79 Å². The van der Waals surface area contributed by atoms with Gasteiger partial charge in [-0.1, -0.05) is 18.2 Å². The van der Waals surface area contributed by atoms with Crippen molar-refractivity contribution in [3.8, 4) is 0 Å². The van der Waals surface area contributed by atoms with Crippen LogP contribution in [0.1, 0.15) is 12.8 Å². The Labute approximate surface area is 148 Å². The lowest BCUT2D eigenvalue weighted by atomic mass is 9.86. The van der Waals surface area contributed by atoms with Crippen molar-refractivity contribution in [1.82, 2.24) is 20.0 Å². The number of nitrogens with zero attached hydrogens (tertiary/aromatic N) is 4. The van der Waals surface area contributed by atoms with Crippen LogP contribution in [0.25, 0.3) is 0 Å². The van der Waals surface area contributed by atoms with Crippen LogP contribution in [0.4, 0.5) is 5.69 Å². The molecule has 4 rings (SSSR count). The zero-order chi connectivity index (χ0) is 17.1. The number of benzene rings is 1. The van der Waals surface area contributed by atoms with Crippen molar-refractivity contribution in [3.05, 3.63) is 48.8 Å². The number of rotatable bonds is 3. The van der Waals surface area contributed by atoms with Gasteiger partial charge in [-0.2, -0.15) is 5.10 Å². The van der Waals surface area contributed by atoms with Crippen LogP contribution in [0.5, 0.6) is 0 Å². The molecule has 2 aromatic rings. The highest BCUT2D eigenvalue weighted by Gasteiger charge is 2.44. The van der Waals surface area contributed by atoms with Gasteiger partial charge in [-0.3, -0.25) is 9.48 Å². The molecule has 0 unspecified atom stereocenters. The Kier molecular flexibility index (Phi) is 4.44. The summed E-state index contributed by atoms with van der Waals surface area (Å²) in [6.07, 6.45) is 5.30. The molecule has 2 fully saturated rings. The van der Waals surface area contributed by atoms with Crippen LogP contribution in [0.3, 0.4) is 0 Å². The van der Waals surface area contributed by atoms with Crippen molar-refractivity contribution in [2.45, 2.75) is 18.4 Å². The van der Waals surface area contributed by atoms with E-state index in [1.54, 1.807) is 6.20 Å². The Hall–Kier alpha value is -2.34. The Bertz CT molecular complexity index is 686. The van der Waals surface area contributed by atoms with E-state index in [-0.39, 0.29) is 5.91 Å². The number of piperazine rings is 1. The van der Waals surface area contributed by atoms with Crippen LogP contribution >= 0.6 is 0 Å². The van der Waals surface area contributed by atoms with E-state index in [4.69, 9.17) is 0 Å². The molecule has 1 aromatic heterocycles. The summed E-state index contributed by atoms with van der Waals surface area (Å²) in [5, 5.41) is 7.79. The normalized spacial score (nSPS) is 20.5. The average Bonchev–Trinajstić information content (AvgIpc) is 3.24. The molecule has 2 aliphatic heterocycles. The molecule has 25 heavy (non-hydrogen) atoms. The van der Waals surface area contributed by atoms with Gasteiger partial charge in [0.1, 0.15) is 5.54 Å². The summed E-state index contributed by atoms with van der Waals surface area (Å²) in [6.45, 7) is 5.01. The molecule has 6 heteroatoms. The van der Waals surface area contributed by atoms with Crippen LogP contribution < -0.4 is 10.2 Å². The summed E-state index contributed by atoms with van der Waals surface area (Å²) in [5.41, 5.74) is 0.710. The second kappa shape index (κ2) is 6.88. The average molecular weight is 339 g/mol. The topological polar surface area (TPSA) is 53.4 Å². The molecule has 0 aliphatic carbocycles. The predicted molar refractivity (Wildman–Crippen MR) is 97.5 cm³/mol. The third kappa shape index (κ3) is 3.02. The molecule has 0 bridgehead atoms. The molecule has 0 radical (unpaired) electrons. The quantitative estimate of drug-likeness (QED) is 0.916. The highest BCUT2D eigenvalue weighted by molar-refractivity contribution is 5.85. The van der Waals surface area contributed by atoms with Crippen molar-refractivity contribution in [2.24, 2.45) is 0 Å². The van der Waals surface area contributed by atoms with E-state index in [0.29, 0.717) is 0 Å². The van der Waals surface area contributed by atoms with E-state index in [2.05, 4.69) is 39.6 Å². The van der Waals surface area contributed by atoms with E-state index < -0.39 is 5.54 Å². The number of carbonyl (C=O) groups is 1. The maximum atomic E-state index is 13.4. The molecule has 2 saturated heterocycles. The Morgan fingerprint density at radius 2 is 1.72 bits per heavy atom. The van der Waals surface area contributed by atoms with Gasteiger partial charge in [0.15, 0.2) is 0 Å². The fourth-order valence-corrected chi connectivity index (χ4v) is 4.00. The van der Waals surface area contributed by atoms with Gasteiger partial charge >= 0.3 is 0 Å². The number of hydrogen-bond acceptors (Lipinski definition) is 4. The highest BCUT2D eigenvalue weighted by atomic mass is 16.2. The first-order valence-corrected chi connectivity index (χ1v) is 9.10. The SMILES string of the molecule is O=C(N1CCN(c2ccccc2)CC1)C1(n2cccn2)CCNCC1. The van der Waals surface area contributed by atoms with Gasteiger partial charge in [-0.05, 0) is 44.1 Å². The van der Waals surface area contributed by atoms with Crippen LogP contribution in [-0.4, -0.2) is 59.9 Å². The summed E-state index contributed by atoms with van der Waals surface area (Å²) in [5.74, 6) is 0.227. The number of amides is 1. The van der Waals surface area contributed by atoms with E-state index in [9.17, 15) is 4.79 Å². The van der Waals surface area contributed by atoms with Gasteiger partial charge in [0.2, 0.25) is 0 Å². The Balaban J connectivity index is 1.49.